The minimum Gasteiger partial charge on any atom is -0.387 e. The van der Waals surface area contributed by atoms with Crippen LogP contribution in [0.25, 0.3) is 0 Å². The van der Waals surface area contributed by atoms with E-state index in [2.05, 4.69) is 4.90 Å². The molecule has 0 saturated carbocycles. The fourth-order valence-corrected chi connectivity index (χ4v) is 4.06. The molecule has 5 nitrogen and oxygen atoms in total. The summed E-state index contributed by atoms with van der Waals surface area (Å²) in [7, 11) is -3.23. The number of nitrogens with zero attached hydrogens (tertiary/aromatic N) is 1. The first-order valence-corrected chi connectivity index (χ1v) is 10.7. The van der Waals surface area contributed by atoms with E-state index in [-0.39, 0.29) is 4.90 Å². The molecule has 1 atom stereocenters. The Bertz CT molecular complexity index is 826. The summed E-state index contributed by atoms with van der Waals surface area (Å²) in [6.07, 6.45) is 1.72. The molecule has 0 spiro atoms. The molecule has 1 aliphatic rings. The highest BCUT2D eigenvalue weighted by molar-refractivity contribution is 7.90. The van der Waals surface area contributed by atoms with Gasteiger partial charge in [-0.15, -0.1) is 0 Å². The normalized spacial score (nSPS) is 19.2. The fourth-order valence-electron chi connectivity index (χ4n) is 3.43. The highest BCUT2D eigenvalue weighted by Gasteiger charge is 2.34. The minimum atomic E-state index is -3.23. The summed E-state index contributed by atoms with van der Waals surface area (Å²) < 4.78 is 23.0. The van der Waals surface area contributed by atoms with E-state index in [4.69, 9.17) is 0 Å². The number of likely N-dealkylation sites (tertiary alicyclic amines) is 1. The molecule has 2 N–H and O–H groups in total. The first-order chi connectivity index (χ1) is 12.3. The predicted octanol–water partition coefficient (Wildman–Crippen LogP) is 2.11. The first-order valence-electron chi connectivity index (χ1n) is 8.76. The zero-order chi connectivity index (χ0) is 18.8. The number of aliphatic hydroxyl groups is 2. The average molecular weight is 375 g/mol. The largest absolute Gasteiger partial charge is 0.387 e. The van der Waals surface area contributed by atoms with Crippen LogP contribution in [0.3, 0.4) is 0 Å². The van der Waals surface area contributed by atoms with Gasteiger partial charge in [-0.1, -0.05) is 42.5 Å². The predicted molar refractivity (Wildman–Crippen MR) is 101 cm³/mol. The Morgan fingerprint density at radius 1 is 1.04 bits per heavy atom. The first kappa shape index (κ1) is 19.0. The molecule has 0 bridgehead atoms. The lowest BCUT2D eigenvalue weighted by atomic mass is 9.84. The Morgan fingerprint density at radius 2 is 1.62 bits per heavy atom. The van der Waals surface area contributed by atoms with Gasteiger partial charge < -0.3 is 15.1 Å². The molecule has 1 aliphatic heterocycles. The van der Waals surface area contributed by atoms with Crippen molar-refractivity contribution in [1.29, 1.82) is 0 Å². The maximum atomic E-state index is 11.5. The number of rotatable bonds is 5. The Balaban J connectivity index is 1.59. The van der Waals surface area contributed by atoms with E-state index < -0.39 is 21.5 Å². The van der Waals surface area contributed by atoms with Gasteiger partial charge in [0.25, 0.3) is 0 Å². The summed E-state index contributed by atoms with van der Waals surface area (Å²) >= 11 is 0. The van der Waals surface area contributed by atoms with Crippen LogP contribution < -0.4 is 0 Å². The molecular formula is C20H25NO4S. The van der Waals surface area contributed by atoms with Crippen LogP contribution in [-0.4, -0.2) is 49.4 Å². The van der Waals surface area contributed by atoms with Crippen molar-refractivity contribution in [3.63, 3.8) is 0 Å². The Labute approximate surface area is 154 Å². The van der Waals surface area contributed by atoms with Gasteiger partial charge in [-0.3, -0.25) is 0 Å². The number of benzene rings is 2. The van der Waals surface area contributed by atoms with E-state index in [9.17, 15) is 18.6 Å². The van der Waals surface area contributed by atoms with Crippen LogP contribution in [0.4, 0.5) is 0 Å². The van der Waals surface area contributed by atoms with Gasteiger partial charge in [-0.2, -0.15) is 0 Å². The SMILES string of the molecule is CS(=O)(=O)c1ccc([C@@H](O)CN2CCC(O)(c3ccccc3)CC2)cc1. The van der Waals surface area contributed by atoms with Gasteiger partial charge >= 0.3 is 0 Å². The van der Waals surface area contributed by atoms with Gasteiger partial charge in [0.2, 0.25) is 0 Å². The maximum absolute atomic E-state index is 11.5. The minimum absolute atomic E-state index is 0.249. The lowest BCUT2D eigenvalue weighted by molar-refractivity contribution is -0.0344. The lowest BCUT2D eigenvalue weighted by Crippen LogP contribution is -2.43. The third-order valence-electron chi connectivity index (χ3n) is 5.12. The van der Waals surface area contributed by atoms with Gasteiger partial charge in [0.15, 0.2) is 9.84 Å². The summed E-state index contributed by atoms with van der Waals surface area (Å²) in [5.41, 5.74) is 0.831. The zero-order valence-electron chi connectivity index (χ0n) is 14.9. The molecule has 3 rings (SSSR count). The molecule has 140 valence electrons. The summed E-state index contributed by atoms with van der Waals surface area (Å²) in [4.78, 5) is 2.38. The van der Waals surface area contributed by atoms with Crippen molar-refractivity contribution in [1.82, 2.24) is 4.90 Å². The second-order valence-electron chi connectivity index (χ2n) is 7.06. The van der Waals surface area contributed by atoms with Crippen LogP contribution in [0.2, 0.25) is 0 Å². The van der Waals surface area contributed by atoms with E-state index in [0.29, 0.717) is 38.0 Å². The number of β-amino-alcohol motifs (C(OH)–C–C–N with tert-alkyl or cyclic N) is 1. The summed E-state index contributed by atoms with van der Waals surface area (Å²) in [5.74, 6) is 0. The van der Waals surface area contributed by atoms with Crippen molar-refractivity contribution in [2.75, 3.05) is 25.9 Å². The number of piperidine rings is 1. The molecule has 1 fully saturated rings. The van der Waals surface area contributed by atoms with E-state index in [1.165, 1.54) is 18.4 Å². The van der Waals surface area contributed by atoms with E-state index in [0.717, 1.165) is 5.56 Å². The van der Waals surface area contributed by atoms with Crippen molar-refractivity contribution in [2.24, 2.45) is 0 Å². The van der Waals surface area contributed by atoms with Gasteiger partial charge in [0, 0.05) is 25.9 Å². The lowest BCUT2D eigenvalue weighted by Gasteiger charge is -2.39. The highest BCUT2D eigenvalue weighted by atomic mass is 32.2. The number of hydrogen-bond acceptors (Lipinski definition) is 5. The quantitative estimate of drug-likeness (QED) is 0.837. The van der Waals surface area contributed by atoms with Crippen LogP contribution in [0, 0.1) is 0 Å². The number of aliphatic hydroxyl groups excluding tert-OH is 1. The molecule has 0 radical (unpaired) electrons. The molecule has 1 saturated heterocycles. The van der Waals surface area contributed by atoms with Gasteiger partial charge in [-0.05, 0) is 36.1 Å². The third kappa shape index (κ3) is 4.32. The standard InChI is InChI=1S/C20H25NO4S/c1-26(24,25)18-9-7-16(8-10-18)19(22)15-21-13-11-20(23,12-14-21)17-5-3-2-4-6-17/h2-10,19,22-23H,11-15H2,1H3/t19-/m0/s1. The maximum Gasteiger partial charge on any atom is 0.175 e. The Hall–Kier alpha value is -1.73. The topological polar surface area (TPSA) is 77.8 Å². The smallest absolute Gasteiger partial charge is 0.175 e. The van der Waals surface area contributed by atoms with Crippen LogP contribution in [-0.2, 0) is 15.4 Å². The second-order valence-corrected chi connectivity index (χ2v) is 9.07. The summed E-state index contributed by atoms with van der Waals surface area (Å²) in [6, 6.07) is 16.1. The van der Waals surface area contributed by atoms with Gasteiger partial charge in [0.1, 0.15) is 0 Å². The van der Waals surface area contributed by atoms with Crippen LogP contribution in [0.15, 0.2) is 59.5 Å². The summed E-state index contributed by atoms with van der Waals surface area (Å²) in [5, 5.41) is 21.3. The molecule has 0 aromatic heterocycles. The number of hydrogen-bond donors (Lipinski definition) is 2. The Kier molecular flexibility index (Phi) is 5.48. The molecular weight excluding hydrogens is 350 g/mol. The van der Waals surface area contributed by atoms with Crippen molar-refractivity contribution >= 4 is 9.84 Å². The fraction of sp³-hybridized carbons (Fsp3) is 0.400. The molecule has 0 unspecified atom stereocenters. The second kappa shape index (κ2) is 7.48. The average Bonchev–Trinajstić information content (AvgIpc) is 2.64. The highest BCUT2D eigenvalue weighted by Crippen LogP contribution is 2.33. The van der Waals surface area contributed by atoms with E-state index >= 15 is 0 Å². The van der Waals surface area contributed by atoms with Crippen molar-refractivity contribution in [3.05, 3.63) is 65.7 Å². The number of sulfone groups is 1. The van der Waals surface area contributed by atoms with Crippen LogP contribution in [0.1, 0.15) is 30.1 Å². The molecule has 0 aliphatic carbocycles. The van der Waals surface area contributed by atoms with Gasteiger partial charge in [-0.25, -0.2) is 8.42 Å². The van der Waals surface area contributed by atoms with E-state index in [1.807, 2.05) is 30.3 Å². The van der Waals surface area contributed by atoms with Crippen molar-refractivity contribution in [2.45, 2.75) is 29.4 Å². The van der Waals surface area contributed by atoms with Crippen molar-refractivity contribution in [3.8, 4) is 0 Å². The zero-order valence-corrected chi connectivity index (χ0v) is 15.7. The molecule has 6 heteroatoms. The molecule has 26 heavy (non-hydrogen) atoms. The Morgan fingerprint density at radius 3 is 2.15 bits per heavy atom. The van der Waals surface area contributed by atoms with Crippen molar-refractivity contribution < 1.29 is 18.6 Å². The third-order valence-corrected chi connectivity index (χ3v) is 6.25. The monoisotopic (exact) mass is 375 g/mol. The van der Waals surface area contributed by atoms with Crippen LogP contribution in [0.5, 0.6) is 0 Å². The summed E-state index contributed by atoms with van der Waals surface area (Å²) in [6.45, 7) is 1.86. The van der Waals surface area contributed by atoms with E-state index in [1.54, 1.807) is 12.1 Å². The molecule has 0 amide bonds. The van der Waals surface area contributed by atoms with Gasteiger partial charge in [0.05, 0.1) is 16.6 Å². The van der Waals surface area contributed by atoms with Crippen LogP contribution >= 0.6 is 0 Å². The molecule has 2 aromatic rings. The molecule has 2 aromatic carbocycles. The molecule has 1 heterocycles.